The number of nitrogens with zero attached hydrogens (tertiary/aromatic N) is 3. The fourth-order valence-corrected chi connectivity index (χ4v) is 3.05. The topological polar surface area (TPSA) is 58.1 Å². The number of para-hydroxylation sites is 1. The van der Waals surface area contributed by atoms with Crippen molar-refractivity contribution in [2.24, 2.45) is 0 Å². The summed E-state index contributed by atoms with van der Waals surface area (Å²) < 4.78 is 13.5. The van der Waals surface area contributed by atoms with Crippen LogP contribution in [0.3, 0.4) is 0 Å². The van der Waals surface area contributed by atoms with Gasteiger partial charge in [-0.25, -0.2) is 9.37 Å². The lowest BCUT2D eigenvalue weighted by atomic mass is 9.94. The maximum atomic E-state index is 13.5. The lowest BCUT2D eigenvalue weighted by Crippen LogP contribution is -2.39. The molecular weight excluding hydrogens is 331 g/mol. The Kier molecular flexibility index (Phi) is 5.37. The van der Waals surface area contributed by atoms with E-state index in [0.717, 1.165) is 31.6 Å². The molecule has 0 unspecified atom stereocenters. The molecule has 1 aromatic carbocycles. The maximum Gasteiger partial charge on any atom is 0.238 e. The summed E-state index contributed by atoms with van der Waals surface area (Å²) in [6.45, 7) is 1.81. The SMILES string of the molecule is O=C(CN1CCC(c2cncc(Cl)n2)CC1)Nc1ccccc1F. The molecule has 2 heterocycles. The summed E-state index contributed by atoms with van der Waals surface area (Å²) in [5.74, 6) is -0.327. The Hall–Kier alpha value is -2.05. The number of nitrogens with one attached hydrogen (secondary N) is 1. The third-order valence-corrected chi connectivity index (χ3v) is 4.33. The fourth-order valence-electron chi connectivity index (χ4n) is 2.90. The number of hydrogen-bond donors (Lipinski definition) is 1. The number of carbonyl (C=O) groups excluding carboxylic acids is 1. The highest BCUT2D eigenvalue weighted by Crippen LogP contribution is 2.26. The smallest absolute Gasteiger partial charge is 0.238 e. The number of carbonyl (C=O) groups is 1. The third kappa shape index (κ3) is 4.27. The molecule has 0 bridgehead atoms. The number of halogens is 2. The minimum absolute atomic E-state index is 0.207. The molecular formula is C17H18ClFN4O. The van der Waals surface area contributed by atoms with Crippen molar-refractivity contribution in [3.05, 3.63) is 53.3 Å². The molecule has 1 saturated heterocycles. The van der Waals surface area contributed by atoms with Crippen molar-refractivity contribution in [3.63, 3.8) is 0 Å². The van der Waals surface area contributed by atoms with Crippen molar-refractivity contribution in [2.45, 2.75) is 18.8 Å². The Morgan fingerprint density at radius 3 is 2.75 bits per heavy atom. The fraction of sp³-hybridized carbons (Fsp3) is 0.353. The number of rotatable bonds is 4. The van der Waals surface area contributed by atoms with Crippen LogP contribution < -0.4 is 5.32 Å². The first-order valence-corrected chi connectivity index (χ1v) is 8.24. The molecule has 0 aliphatic carbocycles. The van der Waals surface area contributed by atoms with Crippen molar-refractivity contribution in [2.75, 3.05) is 25.0 Å². The molecule has 1 aliphatic heterocycles. The second-order valence-corrected chi connectivity index (χ2v) is 6.23. The van der Waals surface area contributed by atoms with Gasteiger partial charge in [-0.1, -0.05) is 23.7 Å². The van der Waals surface area contributed by atoms with E-state index in [2.05, 4.69) is 20.2 Å². The molecule has 7 heteroatoms. The monoisotopic (exact) mass is 348 g/mol. The van der Waals surface area contributed by atoms with E-state index in [1.807, 2.05) is 0 Å². The Labute approximate surface area is 144 Å². The van der Waals surface area contributed by atoms with E-state index in [1.54, 1.807) is 24.4 Å². The summed E-state index contributed by atoms with van der Waals surface area (Å²) in [5.41, 5.74) is 1.12. The largest absolute Gasteiger partial charge is 0.322 e. The molecule has 2 aromatic rings. The van der Waals surface area contributed by atoms with Crippen molar-refractivity contribution in [1.29, 1.82) is 0 Å². The van der Waals surface area contributed by atoms with Crippen molar-refractivity contribution < 1.29 is 9.18 Å². The van der Waals surface area contributed by atoms with Gasteiger partial charge >= 0.3 is 0 Å². The van der Waals surface area contributed by atoms with E-state index in [-0.39, 0.29) is 18.1 Å². The van der Waals surface area contributed by atoms with Crippen molar-refractivity contribution in [3.8, 4) is 0 Å². The van der Waals surface area contributed by atoms with E-state index < -0.39 is 5.82 Å². The molecule has 0 saturated carbocycles. The van der Waals surface area contributed by atoms with Crippen LogP contribution in [-0.4, -0.2) is 40.4 Å². The van der Waals surface area contributed by atoms with Gasteiger partial charge in [0.15, 0.2) is 0 Å². The maximum absolute atomic E-state index is 13.5. The van der Waals surface area contributed by atoms with Gasteiger partial charge in [0.2, 0.25) is 5.91 Å². The number of likely N-dealkylation sites (tertiary alicyclic amines) is 1. The van der Waals surface area contributed by atoms with Crippen LogP contribution in [0.4, 0.5) is 10.1 Å². The highest BCUT2D eigenvalue weighted by atomic mass is 35.5. The highest BCUT2D eigenvalue weighted by Gasteiger charge is 2.23. The molecule has 1 fully saturated rings. The molecule has 0 atom stereocenters. The lowest BCUT2D eigenvalue weighted by molar-refractivity contribution is -0.117. The Bertz CT molecular complexity index is 719. The average Bonchev–Trinajstić information content (AvgIpc) is 2.58. The first-order valence-electron chi connectivity index (χ1n) is 7.86. The van der Waals surface area contributed by atoms with Gasteiger partial charge in [0, 0.05) is 12.1 Å². The number of anilines is 1. The van der Waals surface area contributed by atoms with Crippen LogP contribution in [0.5, 0.6) is 0 Å². The zero-order chi connectivity index (χ0) is 16.9. The predicted molar refractivity (Wildman–Crippen MR) is 90.5 cm³/mol. The van der Waals surface area contributed by atoms with E-state index in [9.17, 15) is 9.18 Å². The average molecular weight is 349 g/mol. The summed E-state index contributed by atoms with van der Waals surface area (Å²) in [6.07, 6.45) is 5.05. The Balaban J connectivity index is 1.50. The summed E-state index contributed by atoms with van der Waals surface area (Å²) in [5, 5.41) is 3.01. The van der Waals surface area contributed by atoms with Gasteiger partial charge < -0.3 is 5.32 Å². The summed E-state index contributed by atoms with van der Waals surface area (Å²) in [6, 6.07) is 6.16. The van der Waals surface area contributed by atoms with Gasteiger partial charge in [0.25, 0.3) is 0 Å². The molecule has 126 valence electrons. The highest BCUT2D eigenvalue weighted by molar-refractivity contribution is 6.29. The van der Waals surface area contributed by atoms with Crippen LogP contribution in [-0.2, 0) is 4.79 Å². The van der Waals surface area contributed by atoms with Crippen LogP contribution >= 0.6 is 11.6 Å². The predicted octanol–water partition coefficient (Wildman–Crippen LogP) is 3.09. The number of benzene rings is 1. The molecule has 3 rings (SSSR count). The van der Waals surface area contributed by atoms with Crippen LogP contribution in [0.1, 0.15) is 24.5 Å². The molecule has 0 radical (unpaired) electrons. The van der Waals surface area contributed by atoms with Gasteiger partial charge in [-0.3, -0.25) is 14.7 Å². The van der Waals surface area contributed by atoms with Gasteiger partial charge in [-0.05, 0) is 38.1 Å². The molecule has 1 N–H and O–H groups in total. The number of aromatic nitrogens is 2. The summed E-state index contributed by atoms with van der Waals surface area (Å²) in [4.78, 5) is 22.5. The van der Waals surface area contributed by atoms with Crippen LogP contribution in [0, 0.1) is 5.82 Å². The second-order valence-electron chi connectivity index (χ2n) is 5.85. The molecule has 5 nitrogen and oxygen atoms in total. The van der Waals surface area contributed by atoms with E-state index >= 15 is 0 Å². The minimum atomic E-state index is -0.427. The number of amides is 1. The first-order chi connectivity index (χ1) is 11.6. The number of hydrogen-bond acceptors (Lipinski definition) is 4. The number of piperidine rings is 1. The minimum Gasteiger partial charge on any atom is -0.322 e. The first kappa shape index (κ1) is 16.8. The van der Waals surface area contributed by atoms with E-state index in [1.165, 1.54) is 12.3 Å². The van der Waals surface area contributed by atoms with Gasteiger partial charge in [-0.2, -0.15) is 0 Å². The summed E-state index contributed by atoms with van der Waals surface area (Å²) >= 11 is 5.88. The third-order valence-electron chi connectivity index (χ3n) is 4.14. The lowest BCUT2D eigenvalue weighted by Gasteiger charge is -2.31. The quantitative estimate of drug-likeness (QED) is 0.922. The Morgan fingerprint density at radius 1 is 1.29 bits per heavy atom. The zero-order valence-electron chi connectivity index (χ0n) is 13.1. The van der Waals surface area contributed by atoms with Crippen molar-refractivity contribution >= 4 is 23.2 Å². The van der Waals surface area contributed by atoms with Gasteiger partial charge in [-0.15, -0.1) is 0 Å². The van der Waals surface area contributed by atoms with Crippen LogP contribution in [0.15, 0.2) is 36.7 Å². The molecule has 1 amide bonds. The van der Waals surface area contributed by atoms with E-state index in [0.29, 0.717) is 11.1 Å². The van der Waals surface area contributed by atoms with Crippen molar-refractivity contribution in [1.82, 2.24) is 14.9 Å². The Morgan fingerprint density at radius 2 is 2.04 bits per heavy atom. The molecule has 1 aromatic heterocycles. The van der Waals surface area contributed by atoms with Gasteiger partial charge in [0.1, 0.15) is 11.0 Å². The molecule has 24 heavy (non-hydrogen) atoms. The zero-order valence-corrected chi connectivity index (χ0v) is 13.8. The van der Waals surface area contributed by atoms with Gasteiger partial charge in [0.05, 0.1) is 24.1 Å². The normalized spacial score (nSPS) is 16.1. The second kappa shape index (κ2) is 7.68. The standard InChI is InChI=1S/C17H18ClFN4O/c18-16-10-20-9-15(21-16)12-5-7-23(8-6-12)11-17(24)22-14-4-2-1-3-13(14)19/h1-4,9-10,12H,5-8,11H2,(H,22,24). The summed E-state index contributed by atoms with van der Waals surface area (Å²) in [7, 11) is 0. The molecule has 0 spiro atoms. The van der Waals surface area contributed by atoms with E-state index in [4.69, 9.17) is 11.6 Å². The molecule has 1 aliphatic rings. The van der Waals surface area contributed by atoms with Crippen LogP contribution in [0.25, 0.3) is 0 Å². The van der Waals surface area contributed by atoms with Crippen LogP contribution in [0.2, 0.25) is 5.15 Å².